The van der Waals surface area contributed by atoms with Gasteiger partial charge in [0, 0.05) is 25.1 Å². The minimum Gasteiger partial charge on any atom is -0.478 e. The van der Waals surface area contributed by atoms with Crippen molar-refractivity contribution in [3.05, 3.63) is 58.4 Å². The van der Waals surface area contributed by atoms with Crippen molar-refractivity contribution in [3.8, 4) is 0 Å². The number of hydrogen-bond donors (Lipinski definition) is 1. The van der Waals surface area contributed by atoms with E-state index < -0.39 is 11.9 Å². The molecule has 0 radical (unpaired) electrons. The summed E-state index contributed by atoms with van der Waals surface area (Å²) in [6.45, 7) is 7.77. The predicted octanol–water partition coefficient (Wildman–Crippen LogP) is 3.04. The molecule has 0 aliphatic rings. The summed E-state index contributed by atoms with van der Waals surface area (Å²) < 4.78 is 6.85. The molecule has 0 fully saturated rings. The third-order valence-corrected chi connectivity index (χ3v) is 4.69. The molecule has 0 spiro atoms. The Morgan fingerprint density at radius 3 is 2.62 bits per heavy atom. The number of carbonyl (C=O) groups excluding carboxylic acids is 1. The van der Waals surface area contributed by atoms with Crippen LogP contribution in [0.4, 0.5) is 0 Å². The molecule has 8 nitrogen and oxygen atoms in total. The van der Waals surface area contributed by atoms with Crippen LogP contribution in [-0.4, -0.2) is 37.0 Å². The Morgan fingerprint density at radius 2 is 1.97 bits per heavy atom. The van der Waals surface area contributed by atoms with Gasteiger partial charge in [0.2, 0.25) is 0 Å². The lowest BCUT2D eigenvalue weighted by atomic mass is 9.95. The number of aliphatic carboxylic acids is 1. The molecule has 150 valence electrons. The number of fused-ring (bicyclic) bond motifs is 1. The van der Waals surface area contributed by atoms with Crippen molar-refractivity contribution in [3.63, 3.8) is 0 Å². The van der Waals surface area contributed by atoms with E-state index in [0.29, 0.717) is 34.6 Å². The number of carboxylic acid groups (broad SMARTS) is 1. The van der Waals surface area contributed by atoms with Gasteiger partial charge in [-0.1, -0.05) is 17.3 Å². The first-order valence-corrected chi connectivity index (χ1v) is 9.19. The summed E-state index contributed by atoms with van der Waals surface area (Å²) in [5.74, 6) is -1.49. The van der Waals surface area contributed by atoms with E-state index in [0.717, 1.165) is 22.7 Å². The number of aryl methyl sites for hydroxylation is 3. The first kappa shape index (κ1) is 20.2. The Morgan fingerprint density at radius 1 is 1.21 bits per heavy atom. The molecule has 0 unspecified atom stereocenters. The highest BCUT2D eigenvalue weighted by molar-refractivity contribution is 5.97. The van der Waals surface area contributed by atoms with Crippen molar-refractivity contribution in [1.82, 2.24) is 20.0 Å². The maximum atomic E-state index is 11.5. The van der Waals surface area contributed by atoms with Gasteiger partial charge in [-0.2, -0.15) is 0 Å². The molecule has 1 N–H and O–H groups in total. The van der Waals surface area contributed by atoms with Crippen LogP contribution in [0.5, 0.6) is 0 Å². The van der Waals surface area contributed by atoms with Crippen molar-refractivity contribution < 1.29 is 19.4 Å². The van der Waals surface area contributed by atoms with Crippen molar-refractivity contribution >= 4 is 28.5 Å². The van der Waals surface area contributed by atoms with E-state index in [9.17, 15) is 14.7 Å². The molecule has 3 rings (SSSR count). The topological polar surface area (TPSA) is 107 Å². The summed E-state index contributed by atoms with van der Waals surface area (Å²) in [5, 5.41) is 17.8. The number of nitrogens with zero attached hydrogens (tertiary/aromatic N) is 4. The van der Waals surface area contributed by atoms with Crippen LogP contribution in [-0.2, 0) is 27.5 Å². The Balaban J connectivity index is 2.14. The molecular weight excluding hydrogens is 372 g/mol. The Hall–Kier alpha value is -3.55. The molecule has 0 aliphatic heterocycles. The van der Waals surface area contributed by atoms with Gasteiger partial charge in [0.25, 0.3) is 0 Å². The van der Waals surface area contributed by atoms with Crippen LogP contribution < -0.4 is 0 Å². The molecule has 2 aromatic heterocycles. The van der Waals surface area contributed by atoms with Gasteiger partial charge >= 0.3 is 11.9 Å². The Labute approximate surface area is 167 Å². The molecule has 0 saturated carbocycles. The van der Waals surface area contributed by atoms with Crippen molar-refractivity contribution in [2.75, 3.05) is 0 Å². The highest BCUT2D eigenvalue weighted by Gasteiger charge is 2.17. The number of carbonyl (C=O) groups is 2. The fourth-order valence-electron chi connectivity index (χ4n) is 3.14. The average Bonchev–Trinajstić information content (AvgIpc) is 3.10. The summed E-state index contributed by atoms with van der Waals surface area (Å²) in [7, 11) is 0. The standard InChI is InChI=1S/C21H22N4O4/c1-5-25-19-9-7-15(13(3)21(19)23-24-25)16(10-20(27)28)17-8-6-12(2)18(22-17)11-29-14(4)26/h6-10H,5,11H2,1-4H3,(H,27,28). The molecule has 0 atom stereocenters. The minimum absolute atomic E-state index is 0.0260. The third-order valence-electron chi connectivity index (χ3n) is 4.69. The van der Waals surface area contributed by atoms with Gasteiger partial charge in [-0.25, -0.2) is 14.5 Å². The number of carboxylic acids is 1. The Bertz CT molecular complexity index is 1130. The van der Waals surface area contributed by atoms with E-state index >= 15 is 0 Å². The second-order valence-electron chi connectivity index (χ2n) is 6.65. The maximum Gasteiger partial charge on any atom is 0.329 e. The molecule has 2 heterocycles. The normalized spacial score (nSPS) is 11.7. The van der Waals surface area contributed by atoms with Gasteiger partial charge in [0.15, 0.2) is 0 Å². The van der Waals surface area contributed by atoms with Gasteiger partial charge in [-0.05, 0) is 49.6 Å². The zero-order valence-corrected chi connectivity index (χ0v) is 16.8. The van der Waals surface area contributed by atoms with E-state index in [2.05, 4.69) is 15.3 Å². The first-order valence-electron chi connectivity index (χ1n) is 9.19. The lowest BCUT2D eigenvalue weighted by Gasteiger charge is -2.13. The van der Waals surface area contributed by atoms with Gasteiger partial charge in [-0.3, -0.25) is 4.79 Å². The largest absolute Gasteiger partial charge is 0.478 e. The SMILES string of the molecule is CCn1nnc2c(C)c(C(=CC(=O)O)c3ccc(C)c(COC(C)=O)n3)ccc21. The smallest absolute Gasteiger partial charge is 0.329 e. The highest BCUT2D eigenvalue weighted by Crippen LogP contribution is 2.30. The van der Waals surface area contributed by atoms with Crippen LogP contribution in [0.25, 0.3) is 16.6 Å². The van der Waals surface area contributed by atoms with Gasteiger partial charge in [-0.15, -0.1) is 5.10 Å². The number of pyridine rings is 1. The van der Waals surface area contributed by atoms with E-state index in [-0.39, 0.29) is 6.61 Å². The maximum absolute atomic E-state index is 11.5. The quantitative estimate of drug-likeness (QED) is 0.506. The fourth-order valence-corrected chi connectivity index (χ4v) is 3.14. The van der Waals surface area contributed by atoms with E-state index in [4.69, 9.17) is 4.74 Å². The molecule has 0 saturated heterocycles. The zero-order chi connectivity index (χ0) is 21.1. The van der Waals surface area contributed by atoms with Crippen LogP contribution in [0.2, 0.25) is 0 Å². The second kappa shape index (κ2) is 8.22. The minimum atomic E-state index is -1.08. The predicted molar refractivity (Wildman–Crippen MR) is 107 cm³/mol. The molecule has 0 amide bonds. The van der Waals surface area contributed by atoms with Gasteiger partial charge in [0.1, 0.15) is 12.1 Å². The molecular formula is C21H22N4O4. The summed E-state index contributed by atoms with van der Waals surface area (Å²) in [6.07, 6.45) is 1.13. The number of rotatable bonds is 6. The fraction of sp³-hybridized carbons (Fsp3) is 0.286. The molecule has 0 aliphatic carbocycles. The summed E-state index contributed by atoms with van der Waals surface area (Å²) >= 11 is 0. The molecule has 8 heteroatoms. The van der Waals surface area contributed by atoms with Crippen LogP contribution >= 0.6 is 0 Å². The number of hydrogen-bond acceptors (Lipinski definition) is 6. The monoisotopic (exact) mass is 394 g/mol. The lowest BCUT2D eigenvalue weighted by molar-refractivity contribution is -0.142. The molecule has 29 heavy (non-hydrogen) atoms. The Kier molecular flexibility index (Phi) is 5.72. The summed E-state index contributed by atoms with van der Waals surface area (Å²) in [4.78, 5) is 27.3. The van der Waals surface area contributed by atoms with Crippen LogP contribution in [0.1, 0.15) is 41.9 Å². The molecule has 3 aromatic rings. The van der Waals surface area contributed by atoms with Crippen LogP contribution in [0.15, 0.2) is 30.3 Å². The van der Waals surface area contributed by atoms with E-state index in [1.807, 2.05) is 39.0 Å². The first-order chi connectivity index (χ1) is 13.8. The van der Waals surface area contributed by atoms with E-state index in [1.54, 1.807) is 10.7 Å². The van der Waals surface area contributed by atoms with Gasteiger partial charge in [0.05, 0.1) is 16.9 Å². The summed E-state index contributed by atoms with van der Waals surface area (Å²) in [6, 6.07) is 7.33. The number of esters is 1. The lowest BCUT2D eigenvalue weighted by Crippen LogP contribution is -2.06. The van der Waals surface area contributed by atoms with Crippen LogP contribution in [0.3, 0.4) is 0 Å². The van der Waals surface area contributed by atoms with Crippen LogP contribution in [0, 0.1) is 13.8 Å². The van der Waals surface area contributed by atoms with Crippen molar-refractivity contribution in [2.45, 2.75) is 40.8 Å². The number of benzene rings is 1. The average molecular weight is 394 g/mol. The highest BCUT2D eigenvalue weighted by atomic mass is 16.5. The third kappa shape index (κ3) is 4.16. The zero-order valence-electron chi connectivity index (χ0n) is 16.8. The van der Waals surface area contributed by atoms with Crippen molar-refractivity contribution in [1.29, 1.82) is 0 Å². The van der Waals surface area contributed by atoms with Crippen molar-refractivity contribution in [2.24, 2.45) is 0 Å². The molecule has 1 aromatic carbocycles. The number of ether oxygens (including phenoxy) is 1. The molecule has 0 bridgehead atoms. The van der Waals surface area contributed by atoms with Gasteiger partial charge < -0.3 is 9.84 Å². The summed E-state index contributed by atoms with van der Waals surface area (Å²) in [5.41, 5.74) is 5.48. The van der Waals surface area contributed by atoms with E-state index in [1.165, 1.54) is 6.92 Å². The number of aromatic nitrogens is 4. The second-order valence-corrected chi connectivity index (χ2v) is 6.65.